The molecule has 3 nitrogen and oxygen atoms in total. The predicted molar refractivity (Wildman–Crippen MR) is 103 cm³/mol. The predicted octanol–water partition coefficient (Wildman–Crippen LogP) is 4.86. The average Bonchev–Trinajstić information content (AvgIpc) is 2.60. The molecule has 0 saturated heterocycles. The molecular formula is C21H26ClNO2. The SMILES string of the molecule is CC[C@H](Oc1cc(C)ccc1C)C(=O)NCCCc1ccccc1Cl. The van der Waals surface area contributed by atoms with E-state index >= 15 is 0 Å². The van der Waals surface area contributed by atoms with Gasteiger partial charge in [-0.05, 0) is 61.9 Å². The molecule has 0 aliphatic heterocycles. The van der Waals surface area contributed by atoms with Gasteiger partial charge in [-0.2, -0.15) is 0 Å². The van der Waals surface area contributed by atoms with Gasteiger partial charge in [0.15, 0.2) is 6.10 Å². The zero-order valence-corrected chi connectivity index (χ0v) is 15.9. The molecular weight excluding hydrogens is 334 g/mol. The van der Waals surface area contributed by atoms with Crippen LogP contribution in [-0.2, 0) is 11.2 Å². The topological polar surface area (TPSA) is 38.3 Å². The van der Waals surface area contributed by atoms with Crippen LogP contribution in [0.5, 0.6) is 5.75 Å². The molecule has 25 heavy (non-hydrogen) atoms. The average molecular weight is 360 g/mol. The molecule has 0 radical (unpaired) electrons. The third-order valence-electron chi connectivity index (χ3n) is 4.16. The molecule has 0 unspecified atom stereocenters. The Bertz CT molecular complexity index is 715. The summed E-state index contributed by atoms with van der Waals surface area (Å²) in [5.74, 6) is 0.709. The number of carbonyl (C=O) groups is 1. The first-order valence-electron chi connectivity index (χ1n) is 8.76. The van der Waals surface area contributed by atoms with E-state index in [4.69, 9.17) is 16.3 Å². The number of nitrogens with one attached hydrogen (secondary N) is 1. The lowest BCUT2D eigenvalue weighted by atomic mass is 10.1. The van der Waals surface area contributed by atoms with Crippen LogP contribution in [-0.4, -0.2) is 18.6 Å². The third-order valence-corrected chi connectivity index (χ3v) is 4.52. The molecule has 2 rings (SSSR count). The molecule has 4 heteroatoms. The molecule has 2 aromatic rings. The number of carbonyl (C=O) groups excluding carboxylic acids is 1. The van der Waals surface area contributed by atoms with Crippen LogP contribution in [0.2, 0.25) is 5.02 Å². The summed E-state index contributed by atoms with van der Waals surface area (Å²) in [6, 6.07) is 13.8. The number of hydrogen-bond donors (Lipinski definition) is 1. The Morgan fingerprint density at radius 2 is 1.96 bits per heavy atom. The normalized spacial score (nSPS) is 11.8. The highest BCUT2D eigenvalue weighted by atomic mass is 35.5. The number of ether oxygens (including phenoxy) is 1. The number of hydrogen-bond acceptors (Lipinski definition) is 2. The Balaban J connectivity index is 1.83. The third kappa shape index (κ3) is 5.79. The van der Waals surface area contributed by atoms with Crippen molar-refractivity contribution in [1.82, 2.24) is 5.32 Å². The monoisotopic (exact) mass is 359 g/mol. The van der Waals surface area contributed by atoms with Crippen LogP contribution in [0.1, 0.15) is 36.5 Å². The zero-order chi connectivity index (χ0) is 18.2. The number of rotatable bonds is 8. The minimum atomic E-state index is -0.471. The van der Waals surface area contributed by atoms with Gasteiger partial charge in [0, 0.05) is 11.6 Å². The number of benzene rings is 2. The van der Waals surface area contributed by atoms with Crippen LogP contribution in [0.4, 0.5) is 0 Å². The van der Waals surface area contributed by atoms with E-state index in [9.17, 15) is 4.79 Å². The van der Waals surface area contributed by atoms with Gasteiger partial charge in [0.05, 0.1) is 0 Å². The highest BCUT2D eigenvalue weighted by molar-refractivity contribution is 6.31. The van der Waals surface area contributed by atoms with Gasteiger partial charge in [-0.25, -0.2) is 0 Å². The van der Waals surface area contributed by atoms with Crippen LogP contribution in [0.15, 0.2) is 42.5 Å². The van der Waals surface area contributed by atoms with E-state index in [0.717, 1.165) is 40.3 Å². The molecule has 0 aliphatic rings. The second-order valence-electron chi connectivity index (χ2n) is 6.27. The molecule has 0 aromatic heterocycles. The van der Waals surface area contributed by atoms with Crippen LogP contribution < -0.4 is 10.1 Å². The second-order valence-corrected chi connectivity index (χ2v) is 6.68. The molecule has 0 fully saturated rings. The van der Waals surface area contributed by atoms with E-state index in [-0.39, 0.29) is 5.91 Å². The van der Waals surface area contributed by atoms with Crippen molar-refractivity contribution in [2.24, 2.45) is 0 Å². The van der Waals surface area contributed by atoms with Gasteiger partial charge in [0.2, 0.25) is 0 Å². The first kappa shape index (κ1) is 19.3. The van der Waals surface area contributed by atoms with Crippen molar-refractivity contribution < 1.29 is 9.53 Å². The lowest BCUT2D eigenvalue weighted by Gasteiger charge is -2.19. The molecule has 0 aliphatic carbocycles. The molecule has 2 aromatic carbocycles. The minimum absolute atomic E-state index is 0.0671. The zero-order valence-electron chi connectivity index (χ0n) is 15.1. The van der Waals surface area contributed by atoms with Gasteiger partial charge in [-0.1, -0.05) is 48.9 Å². The van der Waals surface area contributed by atoms with Gasteiger partial charge in [0.1, 0.15) is 5.75 Å². The molecule has 1 atom stereocenters. The van der Waals surface area contributed by atoms with Crippen molar-refractivity contribution in [2.75, 3.05) is 6.54 Å². The van der Waals surface area contributed by atoms with Crippen molar-refractivity contribution >= 4 is 17.5 Å². The maximum atomic E-state index is 12.4. The van der Waals surface area contributed by atoms with E-state index in [1.54, 1.807) is 0 Å². The van der Waals surface area contributed by atoms with Crippen molar-refractivity contribution in [3.8, 4) is 5.75 Å². The Hall–Kier alpha value is -2.00. The van der Waals surface area contributed by atoms with Crippen LogP contribution in [0.25, 0.3) is 0 Å². The quantitative estimate of drug-likeness (QED) is 0.683. The fraction of sp³-hybridized carbons (Fsp3) is 0.381. The van der Waals surface area contributed by atoms with E-state index in [2.05, 4.69) is 5.32 Å². The first-order chi connectivity index (χ1) is 12.0. The smallest absolute Gasteiger partial charge is 0.261 e. The molecule has 134 valence electrons. The Morgan fingerprint density at radius 3 is 2.68 bits per heavy atom. The van der Waals surface area contributed by atoms with Gasteiger partial charge in [-0.3, -0.25) is 4.79 Å². The number of halogens is 1. The lowest BCUT2D eigenvalue weighted by molar-refractivity contribution is -0.128. The Morgan fingerprint density at radius 1 is 1.20 bits per heavy atom. The summed E-state index contributed by atoms with van der Waals surface area (Å²) in [6.45, 7) is 6.57. The second kappa shape index (κ2) is 9.47. The minimum Gasteiger partial charge on any atom is -0.480 e. The van der Waals surface area contributed by atoms with E-state index in [1.807, 2.05) is 63.2 Å². The van der Waals surface area contributed by atoms with Gasteiger partial charge < -0.3 is 10.1 Å². The Kier molecular flexibility index (Phi) is 7.32. The summed E-state index contributed by atoms with van der Waals surface area (Å²) >= 11 is 6.15. The summed E-state index contributed by atoms with van der Waals surface area (Å²) in [4.78, 5) is 12.4. The molecule has 0 saturated carbocycles. The number of aryl methyl sites for hydroxylation is 3. The largest absolute Gasteiger partial charge is 0.480 e. The molecule has 0 heterocycles. The van der Waals surface area contributed by atoms with Gasteiger partial charge >= 0.3 is 0 Å². The highest BCUT2D eigenvalue weighted by Gasteiger charge is 2.18. The van der Waals surface area contributed by atoms with Crippen molar-refractivity contribution in [3.63, 3.8) is 0 Å². The summed E-state index contributed by atoms with van der Waals surface area (Å²) in [5, 5.41) is 3.75. The standard InChI is InChI=1S/C21H26ClNO2/c1-4-19(25-20-14-15(2)11-12-16(20)3)21(24)23-13-7-9-17-8-5-6-10-18(17)22/h5-6,8,10-12,14,19H,4,7,9,13H2,1-3H3,(H,23,24)/t19-/m0/s1. The molecule has 0 spiro atoms. The fourth-order valence-electron chi connectivity index (χ4n) is 2.62. The van der Waals surface area contributed by atoms with Crippen molar-refractivity contribution in [1.29, 1.82) is 0 Å². The summed E-state index contributed by atoms with van der Waals surface area (Å²) in [5.41, 5.74) is 3.27. The van der Waals surface area contributed by atoms with Crippen LogP contribution in [0, 0.1) is 13.8 Å². The van der Waals surface area contributed by atoms with Crippen LogP contribution in [0.3, 0.4) is 0 Å². The van der Waals surface area contributed by atoms with Gasteiger partial charge in [0.25, 0.3) is 5.91 Å². The molecule has 1 N–H and O–H groups in total. The van der Waals surface area contributed by atoms with E-state index in [1.165, 1.54) is 0 Å². The van der Waals surface area contributed by atoms with Crippen molar-refractivity contribution in [3.05, 3.63) is 64.2 Å². The van der Waals surface area contributed by atoms with E-state index < -0.39 is 6.10 Å². The number of amides is 1. The fourth-order valence-corrected chi connectivity index (χ4v) is 2.85. The maximum absolute atomic E-state index is 12.4. The van der Waals surface area contributed by atoms with Crippen molar-refractivity contribution in [2.45, 2.75) is 46.1 Å². The summed E-state index contributed by atoms with van der Waals surface area (Å²) in [6.07, 6.45) is 1.84. The van der Waals surface area contributed by atoms with E-state index in [0.29, 0.717) is 13.0 Å². The summed E-state index contributed by atoms with van der Waals surface area (Å²) in [7, 11) is 0. The summed E-state index contributed by atoms with van der Waals surface area (Å²) < 4.78 is 5.94. The molecule has 0 bridgehead atoms. The first-order valence-corrected chi connectivity index (χ1v) is 9.14. The van der Waals surface area contributed by atoms with Gasteiger partial charge in [-0.15, -0.1) is 0 Å². The lowest BCUT2D eigenvalue weighted by Crippen LogP contribution is -2.38. The Labute approximate surface area is 155 Å². The molecule has 1 amide bonds. The van der Waals surface area contributed by atoms with Crippen LogP contribution >= 0.6 is 11.6 Å². The highest BCUT2D eigenvalue weighted by Crippen LogP contribution is 2.21. The maximum Gasteiger partial charge on any atom is 0.261 e.